The minimum atomic E-state index is -3.91. The van der Waals surface area contributed by atoms with E-state index in [0.717, 1.165) is 46.2 Å². The number of anilines is 1. The highest BCUT2D eigenvalue weighted by Crippen LogP contribution is 2.25. The van der Waals surface area contributed by atoms with E-state index in [-0.39, 0.29) is 11.4 Å². The summed E-state index contributed by atoms with van der Waals surface area (Å²) >= 11 is 1.54. The summed E-state index contributed by atoms with van der Waals surface area (Å²) in [4.78, 5) is 13.6. The normalized spacial score (nSPS) is 13.9. The molecule has 1 aliphatic carbocycles. The van der Waals surface area contributed by atoms with E-state index in [1.165, 1.54) is 11.8 Å². The molecule has 1 saturated carbocycles. The highest BCUT2D eigenvalue weighted by molar-refractivity contribution is 7.98. The highest BCUT2D eigenvalue weighted by Gasteiger charge is 2.27. The van der Waals surface area contributed by atoms with Crippen molar-refractivity contribution in [3.63, 3.8) is 0 Å². The van der Waals surface area contributed by atoms with Crippen molar-refractivity contribution in [3.8, 4) is 0 Å². The second-order valence-corrected chi connectivity index (χ2v) is 9.68. The van der Waals surface area contributed by atoms with Crippen molar-refractivity contribution in [1.82, 2.24) is 5.43 Å². The predicted molar refractivity (Wildman–Crippen MR) is 118 cm³/mol. The van der Waals surface area contributed by atoms with Crippen LogP contribution in [0.1, 0.15) is 31.2 Å². The van der Waals surface area contributed by atoms with Crippen LogP contribution in [0.15, 0.2) is 63.4 Å². The van der Waals surface area contributed by atoms with E-state index in [4.69, 9.17) is 0 Å². The van der Waals surface area contributed by atoms with Crippen molar-refractivity contribution in [3.05, 3.63) is 54.1 Å². The van der Waals surface area contributed by atoms with Crippen LogP contribution in [0.5, 0.6) is 0 Å². The third kappa shape index (κ3) is 5.39. The number of thioether (sulfide) groups is 1. The second-order valence-electron chi connectivity index (χ2n) is 6.94. The van der Waals surface area contributed by atoms with Crippen LogP contribution in [0.25, 0.3) is 0 Å². The van der Waals surface area contributed by atoms with Gasteiger partial charge in [-0.3, -0.25) is 9.10 Å². The van der Waals surface area contributed by atoms with Gasteiger partial charge in [-0.2, -0.15) is 5.10 Å². The zero-order chi connectivity index (χ0) is 20.9. The van der Waals surface area contributed by atoms with Crippen molar-refractivity contribution in [1.29, 1.82) is 0 Å². The Labute approximate surface area is 176 Å². The van der Waals surface area contributed by atoms with Gasteiger partial charge >= 0.3 is 0 Å². The minimum absolute atomic E-state index is 0.144. The predicted octanol–water partition coefficient (Wildman–Crippen LogP) is 3.96. The maximum absolute atomic E-state index is 13.3. The van der Waals surface area contributed by atoms with Crippen LogP contribution < -0.4 is 9.73 Å². The first-order chi connectivity index (χ1) is 13.9. The van der Waals surface area contributed by atoms with E-state index in [1.807, 2.05) is 25.3 Å². The highest BCUT2D eigenvalue weighted by atomic mass is 32.2. The van der Waals surface area contributed by atoms with Crippen molar-refractivity contribution >= 4 is 39.1 Å². The maximum Gasteiger partial charge on any atom is 0.264 e. The molecule has 6 nitrogen and oxygen atoms in total. The van der Waals surface area contributed by atoms with Crippen LogP contribution in [0.2, 0.25) is 0 Å². The van der Waals surface area contributed by atoms with Gasteiger partial charge in [-0.1, -0.05) is 17.7 Å². The molecule has 0 aliphatic heterocycles. The lowest BCUT2D eigenvalue weighted by atomic mass is 10.2. The summed E-state index contributed by atoms with van der Waals surface area (Å²) in [7, 11) is -3.91. The molecule has 8 heteroatoms. The Kier molecular flexibility index (Phi) is 6.97. The molecule has 1 aliphatic rings. The van der Waals surface area contributed by atoms with Crippen LogP contribution in [0.4, 0.5) is 5.69 Å². The molecule has 2 aromatic rings. The van der Waals surface area contributed by atoms with Gasteiger partial charge in [-0.25, -0.2) is 13.8 Å². The number of carbonyl (C=O) groups excluding carboxylic acids is 1. The third-order valence-corrected chi connectivity index (χ3v) is 7.31. The summed E-state index contributed by atoms with van der Waals surface area (Å²) in [6, 6.07) is 13.7. The number of benzene rings is 2. The molecular weight excluding hydrogens is 406 g/mol. The number of nitrogens with one attached hydrogen (secondary N) is 1. The number of aryl methyl sites for hydroxylation is 1. The SMILES string of the molecule is CSc1ccc(S(=O)(=O)N(CC(=O)NN=C2CCCC2)c2ccc(C)cc2)cc1. The molecule has 1 fully saturated rings. The Morgan fingerprint density at radius 2 is 1.69 bits per heavy atom. The van der Waals surface area contributed by atoms with Gasteiger partial charge in [-0.15, -0.1) is 11.8 Å². The second kappa shape index (κ2) is 9.45. The smallest absolute Gasteiger partial charge is 0.264 e. The Morgan fingerprint density at radius 1 is 1.07 bits per heavy atom. The van der Waals surface area contributed by atoms with Crippen LogP contribution >= 0.6 is 11.8 Å². The average Bonchev–Trinajstić information content (AvgIpc) is 3.25. The number of carbonyl (C=O) groups is 1. The van der Waals surface area contributed by atoms with Crippen LogP contribution in [0.3, 0.4) is 0 Å². The quantitative estimate of drug-likeness (QED) is 0.532. The van der Waals surface area contributed by atoms with Crippen LogP contribution in [-0.4, -0.2) is 32.8 Å². The lowest BCUT2D eigenvalue weighted by Gasteiger charge is -2.24. The summed E-state index contributed by atoms with van der Waals surface area (Å²) in [6.07, 6.45) is 5.83. The van der Waals surface area contributed by atoms with Gasteiger partial charge in [0, 0.05) is 10.6 Å². The maximum atomic E-state index is 13.3. The van der Waals surface area contributed by atoms with Gasteiger partial charge in [0.15, 0.2) is 0 Å². The number of rotatable bonds is 7. The summed E-state index contributed by atoms with van der Waals surface area (Å²) in [6.45, 7) is 1.58. The first-order valence-corrected chi connectivity index (χ1v) is 12.1. The van der Waals surface area contributed by atoms with Crippen molar-refractivity contribution in [2.75, 3.05) is 17.1 Å². The monoisotopic (exact) mass is 431 g/mol. The first kappa shape index (κ1) is 21.4. The third-order valence-electron chi connectivity index (χ3n) is 4.78. The van der Waals surface area contributed by atoms with Crippen molar-refractivity contribution < 1.29 is 13.2 Å². The Morgan fingerprint density at radius 3 is 2.28 bits per heavy atom. The molecule has 154 valence electrons. The van der Waals surface area contributed by atoms with E-state index < -0.39 is 15.9 Å². The average molecular weight is 432 g/mol. The van der Waals surface area contributed by atoms with E-state index in [0.29, 0.717) is 5.69 Å². The molecule has 0 bridgehead atoms. The molecule has 29 heavy (non-hydrogen) atoms. The Bertz CT molecular complexity index is 977. The van der Waals surface area contributed by atoms with Gasteiger partial charge in [0.25, 0.3) is 15.9 Å². The number of nitrogens with zero attached hydrogens (tertiary/aromatic N) is 2. The topological polar surface area (TPSA) is 78.8 Å². The molecule has 0 spiro atoms. The standard InChI is InChI=1S/C21H25N3O3S2/c1-16-7-9-18(10-8-16)24(15-21(25)23-22-17-5-3-4-6-17)29(26,27)20-13-11-19(28-2)12-14-20/h7-14H,3-6,15H2,1-2H3,(H,23,25). The number of hydrogen-bond acceptors (Lipinski definition) is 5. The fourth-order valence-corrected chi connectivity index (χ4v) is 4.93. The number of hydrogen-bond donors (Lipinski definition) is 1. The fourth-order valence-electron chi connectivity index (χ4n) is 3.10. The van der Waals surface area contributed by atoms with E-state index in [9.17, 15) is 13.2 Å². The van der Waals surface area contributed by atoms with Gasteiger partial charge in [0.2, 0.25) is 0 Å². The molecule has 0 unspecified atom stereocenters. The van der Waals surface area contributed by atoms with E-state index >= 15 is 0 Å². The molecule has 0 heterocycles. The van der Waals surface area contributed by atoms with Crippen molar-refractivity contribution in [2.24, 2.45) is 5.10 Å². The first-order valence-electron chi connectivity index (χ1n) is 9.48. The number of hydrazone groups is 1. The molecule has 3 rings (SSSR count). The Hall–Kier alpha value is -2.32. The molecular formula is C21H25N3O3S2. The van der Waals surface area contributed by atoms with Crippen LogP contribution in [-0.2, 0) is 14.8 Å². The molecule has 1 N–H and O–H groups in total. The molecule has 2 aromatic carbocycles. The fraction of sp³-hybridized carbons (Fsp3) is 0.333. The lowest BCUT2D eigenvalue weighted by molar-refractivity contribution is -0.119. The van der Waals surface area contributed by atoms with Crippen molar-refractivity contribution in [2.45, 2.75) is 42.4 Å². The molecule has 0 saturated heterocycles. The largest absolute Gasteiger partial charge is 0.271 e. The summed E-state index contributed by atoms with van der Waals surface area (Å²) < 4.78 is 27.8. The van der Waals surface area contributed by atoms with Gasteiger partial charge in [-0.05, 0) is 75.3 Å². The van der Waals surface area contributed by atoms with Crippen LogP contribution in [0, 0.1) is 6.92 Å². The Balaban J connectivity index is 1.88. The van der Waals surface area contributed by atoms with Gasteiger partial charge in [0.1, 0.15) is 6.54 Å². The molecule has 1 amide bonds. The number of sulfonamides is 1. The summed E-state index contributed by atoms with van der Waals surface area (Å²) in [5.74, 6) is -0.464. The van der Waals surface area contributed by atoms with Gasteiger partial charge in [0.05, 0.1) is 10.6 Å². The summed E-state index contributed by atoms with van der Waals surface area (Å²) in [5.41, 5.74) is 4.92. The minimum Gasteiger partial charge on any atom is -0.271 e. The summed E-state index contributed by atoms with van der Waals surface area (Å²) in [5, 5.41) is 4.15. The van der Waals surface area contributed by atoms with E-state index in [1.54, 1.807) is 36.4 Å². The molecule has 0 radical (unpaired) electrons. The zero-order valence-corrected chi connectivity index (χ0v) is 18.2. The molecule has 0 aromatic heterocycles. The lowest BCUT2D eigenvalue weighted by Crippen LogP contribution is -2.39. The number of amides is 1. The molecule has 0 atom stereocenters. The van der Waals surface area contributed by atoms with E-state index in [2.05, 4.69) is 10.5 Å². The van der Waals surface area contributed by atoms with Gasteiger partial charge < -0.3 is 0 Å². The zero-order valence-electron chi connectivity index (χ0n) is 16.6.